The first-order valence-corrected chi connectivity index (χ1v) is 12.6. The largest absolute Gasteiger partial charge is 0.484 e. The van der Waals surface area contributed by atoms with Crippen molar-refractivity contribution in [3.63, 3.8) is 0 Å². The van der Waals surface area contributed by atoms with Gasteiger partial charge in [-0.05, 0) is 73.2 Å². The van der Waals surface area contributed by atoms with Crippen LogP contribution in [0.4, 0.5) is 15.8 Å². The molecule has 0 saturated carbocycles. The highest BCUT2D eigenvalue weighted by atomic mass is 32.2. The second kappa shape index (κ2) is 11.9. The van der Waals surface area contributed by atoms with Crippen LogP contribution in [0.2, 0.25) is 0 Å². The third kappa shape index (κ3) is 7.64. The van der Waals surface area contributed by atoms with Crippen molar-refractivity contribution in [1.82, 2.24) is 5.43 Å². The first-order valence-electron chi connectivity index (χ1n) is 10.8. The minimum absolute atomic E-state index is 0.239. The lowest BCUT2D eigenvalue weighted by Gasteiger charge is -2.27. The molecule has 188 valence electrons. The van der Waals surface area contributed by atoms with Crippen molar-refractivity contribution in [2.24, 2.45) is 5.10 Å². The summed E-state index contributed by atoms with van der Waals surface area (Å²) in [7, 11) is -3.71. The Morgan fingerprint density at radius 3 is 2.28 bits per heavy atom. The summed E-state index contributed by atoms with van der Waals surface area (Å²) in [4.78, 5) is 24.5. The van der Waals surface area contributed by atoms with Crippen LogP contribution in [0.5, 0.6) is 5.75 Å². The average molecular weight is 513 g/mol. The Balaban J connectivity index is 1.51. The van der Waals surface area contributed by atoms with Crippen LogP contribution in [-0.4, -0.2) is 45.4 Å². The topological polar surface area (TPSA) is 117 Å². The molecule has 0 aliphatic rings. The molecule has 0 aliphatic heterocycles. The number of carbonyl (C=O) groups is 2. The Hall–Kier alpha value is -4.25. The molecule has 11 heteroatoms. The Labute approximate surface area is 208 Å². The third-order valence-electron chi connectivity index (χ3n) is 4.87. The number of ether oxygens (including phenoxy) is 1. The zero-order chi connectivity index (χ0) is 26.1. The molecule has 0 aliphatic carbocycles. The van der Waals surface area contributed by atoms with Gasteiger partial charge in [-0.25, -0.2) is 18.2 Å². The first kappa shape index (κ1) is 26.4. The standard InChI is InChI=1S/C25H25FN4O5S/c1-18(30(36(2,33)34)22-6-4-3-5-7-22)25(32)29-27-16-19-8-14-23(15-9-19)35-17-24(31)28-21-12-10-20(26)11-13-21/h3-16,18H,17H2,1-2H3,(H,28,31)(H,29,32)/t18-/m0/s1. The second-order valence-corrected chi connectivity index (χ2v) is 9.58. The van der Waals surface area contributed by atoms with Crippen molar-refractivity contribution in [3.8, 4) is 5.75 Å². The maximum Gasteiger partial charge on any atom is 0.263 e. The van der Waals surface area contributed by atoms with E-state index < -0.39 is 33.7 Å². The van der Waals surface area contributed by atoms with Crippen molar-refractivity contribution < 1.29 is 27.1 Å². The predicted octanol–water partition coefficient (Wildman–Crippen LogP) is 3.15. The van der Waals surface area contributed by atoms with Crippen LogP contribution in [0.1, 0.15) is 12.5 Å². The maximum atomic E-state index is 12.9. The Morgan fingerprint density at radius 1 is 1.03 bits per heavy atom. The van der Waals surface area contributed by atoms with Crippen LogP contribution < -0.4 is 19.8 Å². The minimum atomic E-state index is -3.71. The number of hydrogen-bond donors (Lipinski definition) is 2. The van der Waals surface area contributed by atoms with Crippen LogP contribution >= 0.6 is 0 Å². The Kier molecular flexibility index (Phi) is 8.74. The van der Waals surface area contributed by atoms with Gasteiger partial charge in [-0.15, -0.1) is 0 Å². The van der Waals surface area contributed by atoms with E-state index in [1.54, 1.807) is 54.6 Å². The highest BCUT2D eigenvalue weighted by Gasteiger charge is 2.28. The Morgan fingerprint density at radius 2 is 1.67 bits per heavy atom. The molecule has 3 aromatic rings. The lowest BCUT2D eigenvalue weighted by Crippen LogP contribution is -2.46. The molecule has 1 atom stereocenters. The van der Waals surface area contributed by atoms with Crippen LogP contribution in [0.25, 0.3) is 0 Å². The smallest absolute Gasteiger partial charge is 0.263 e. The van der Waals surface area contributed by atoms with E-state index in [9.17, 15) is 22.4 Å². The van der Waals surface area contributed by atoms with E-state index in [1.165, 1.54) is 37.4 Å². The van der Waals surface area contributed by atoms with Gasteiger partial charge in [0, 0.05) is 5.69 Å². The molecule has 2 N–H and O–H groups in total. The van der Waals surface area contributed by atoms with Gasteiger partial charge in [-0.3, -0.25) is 13.9 Å². The summed E-state index contributed by atoms with van der Waals surface area (Å²) >= 11 is 0. The number of anilines is 2. The molecular weight excluding hydrogens is 487 g/mol. The molecule has 0 aromatic heterocycles. The predicted molar refractivity (Wildman–Crippen MR) is 136 cm³/mol. The van der Waals surface area contributed by atoms with Gasteiger partial charge < -0.3 is 10.1 Å². The number of carbonyl (C=O) groups excluding carboxylic acids is 2. The lowest BCUT2D eigenvalue weighted by molar-refractivity contribution is -0.121. The van der Waals surface area contributed by atoms with E-state index in [2.05, 4.69) is 15.8 Å². The second-order valence-electron chi connectivity index (χ2n) is 7.72. The molecule has 0 fully saturated rings. The number of hydrogen-bond acceptors (Lipinski definition) is 6. The van der Waals surface area contributed by atoms with Gasteiger partial charge in [0.25, 0.3) is 11.8 Å². The number of hydrazone groups is 1. The molecule has 0 radical (unpaired) electrons. The summed E-state index contributed by atoms with van der Waals surface area (Å²) in [5.41, 5.74) is 3.81. The van der Waals surface area contributed by atoms with Crippen molar-refractivity contribution >= 4 is 39.4 Å². The molecule has 3 rings (SSSR count). The number of benzene rings is 3. The summed E-state index contributed by atoms with van der Waals surface area (Å²) in [5.74, 6) is -0.967. The van der Waals surface area contributed by atoms with Gasteiger partial charge >= 0.3 is 0 Å². The summed E-state index contributed by atoms with van der Waals surface area (Å²) in [6.45, 7) is 1.23. The molecule has 0 spiro atoms. The van der Waals surface area contributed by atoms with Crippen molar-refractivity contribution in [2.75, 3.05) is 22.5 Å². The number of rotatable bonds is 10. The van der Waals surface area contributed by atoms with E-state index in [1.807, 2.05) is 0 Å². The van der Waals surface area contributed by atoms with Crippen molar-refractivity contribution in [3.05, 3.63) is 90.2 Å². The molecule has 0 saturated heterocycles. The van der Waals surface area contributed by atoms with Crippen molar-refractivity contribution in [2.45, 2.75) is 13.0 Å². The zero-order valence-corrected chi connectivity index (χ0v) is 20.4. The van der Waals surface area contributed by atoms with Crippen LogP contribution in [0.15, 0.2) is 84.0 Å². The fraction of sp³-hybridized carbons (Fsp3) is 0.160. The number of amides is 2. The molecular formula is C25H25FN4O5S. The molecule has 3 aromatic carbocycles. The number of halogens is 1. The minimum Gasteiger partial charge on any atom is -0.484 e. The quantitative estimate of drug-likeness (QED) is 0.320. The van der Waals surface area contributed by atoms with Gasteiger partial charge in [0.15, 0.2) is 6.61 Å². The van der Waals surface area contributed by atoms with Crippen LogP contribution in [0, 0.1) is 5.82 Å². The highest BCUT2D eigenvalue weighted by Crippen LogP contribution is 2.20. The lowest BCUT2D eigenvalue weighted by atomic mass is 10.2. The monoisotopic (exact) mass is 512 g/mol. The van der Waals surface area contributed by atoms with E-state index >= 15 is 0 Å². The molecule has 0 unspecified atom stereocenters. The van der Waals surface area contributed by atoms with E-state index in [0.29, 0.717) is 22.7 Å². The third-order valence-corrected chi connectivity index (χ3v) is 6.11. The van der Waals surface area contributed by atoms with Crippen LogP contribution in [0.3, 0.4) is 0 Å². The van der Waals surface area contributed by atoms with Crippen LogP contribution in [-0.2, 0) is 19.6 Å². The molecule has 0 heterocycles. The summed E-state index contributed by atoms with van der Waals surface area (Å²) in [5, 5.41) is 6.49. The van der Waals surface area contributed by atoms with Gasteiger partial charge in [-0.2, -0.15) is 5.10 Å². The van der Waals surface area contributed by atoms with Gasteiger partial charge in [0.1, 0.15) is 17.6 Å². The number of sulfonamides is 1. The van der Waals surface area contributed by atoms with Gasteiger partial charge in [0.2, 0.25) is 10.0 Å². The number of para-hydroxylation sites is 1. The number of nitrogens with zero attached hydrogens (tertiary/aromatic N) is 2. The highest BCUT2D eigenvalue weighted by molar-refractivity contribution is 7.92. The van der Waals surface area contributed by atoms with Crippen molar-refractivity contribution in [1.29, 1.82) is 0 Å². The average Bonchev–Trinajstić information content (AvgIpc) is 2.85. The summed E-state index contributed by atoms with van der Waals surface area (Å²) in [6, 6.07) is 19.2. The summed E-state index contributed by atoms with van der Waals surface area (Å²) in [6.07, 6.45) is 2.42. The van der Waals surface area contributed by atoms with Gasteiger partial charge in [-0.1, -0.05) is 18.2 Å². The molecule has 0 bridgehead atoms. The normalized spacial score (nSPS) is 12.1. The molecule has 2 amide bonds. The van der Waals surface area contributed by atoms with Gasteiger partial charge in [0.05, 0.1) is 18.2 Å². The molecule has 9 nitrogen and oxygen atoms in total. The zero-order valence-electron chi connectivity index (χ0n) is 19.6. The van der Waals surface area contributed by atoms with E-state index in [-0.39, 0.29) is 6.61 Å². The fourth-order valence-electron chi connectivity index (χ4n) is 3.18. The SMILES string of the molecule is C[C@@H](C(=O)NN=Cc1ccc(OCC(=O)Nc2ccc(F)cc2)cc1)N(c1ccccc1)S(C)(=O)=O. The van der Waals surface area contributed by atoms with E-state index in [0.717, 1.165) is 10.6 Å². The van der Waals surface area contributed by atoms with E-state index in [4.69, 9.17) is 4.74 Å². The summed E-state index contributed by atoms with van der Waals surface area (Å²) < 4.78 is 43.9. The first-order chi connectivity index (χ1) is 17.1. The number of nitrogens with one attached hydrogen (secondary N) is 2. The molecule has 36 heavy (non-hydrogen) atoms. The Bertz CT molecular complexity index is 1310. The fourth-order valence-corrected chi connectivity index (χ4v) is 4.35. The maximum absolute atomic E-state index is 12.9.